The predicted octanol–water partition coefficient (Wildman–Crippen LogP) is 3.36. The molecule has 0 aliphatic rings. The predicted molar refractivity (Wildman–Crippen MR) is 67.8 cm³/mol. The summed E-state index contributed by atoms with van der Waals surface area (Å²) in [5.74, 6) is 0. The van der Waals surface area contributed by atoms with Crippen LogP contribution < -0.4 is 0 Å². The summed E-state index contributed by atoms with van der Waals surface area (Å²) in [5, 5.41) is 1.59. The third-order valence-electron chi connectivity index (χ3n) is 2.25. The lowest BCUT2D eigenvalue weighted by atomic mass is 10.2. The van der Waals surface area contributed by atoms with Crippen molar-refractivity contribution >= 4 is 29.4 Å². The van der Waals surface area contributed by atoms with Gasteiger partial charge in [-0.25, -0.2) is 9.78 Å². The fraction of sp³-hybridized carbons (Fsp3) is 0.167. The van der Waals surface area contributed by atoms with Gasteiger partial charge < -0.3 is 4.74 Å². The molecule has 0 bridgehead atoms. The molecule has 87 valence electrons. The van der Waals surface area contributed by atoms with E-state index >= 15 is 0 Å². The zero-order chi connectivity index (χ0) is 12.3. The van der Waals surface area contributed by atoms with E-state index in [0.717, 1.165) is 21.1 Å². The average Bonchev–Trinajstić information content (AvgIpc) is 2.69. The van der Waals surface area contributed by atoms with Crippen LogP contribution in [-0.2, 0) is 16.1 Å². The van der Waals surface area contributed by atoms with Crippen molar-refractivity contribution in [2.45, 2.75) is 13.5 Å². The maximum absolute atomic E-state index is 10.0. The molecular weight excluding hydrogens is 258 g/mol. The van der Waals surface area contributed by atoms with Gasteiger partial charge in [-0.2, -0.15) is 0 Å². The molecule has 1 heterocycles. The van der Waals surface area contributed by atoms with E-state index in [9.17, 15) is 4.79 Å². The summed E-state index contributed by atoms with van der Waals surface area (Å²) >= 11 is 7.38. The van der Waals surface area contributed by atoms with Gasteiger partial charge in [0.05, 0.1) is 5.69 Å². The highest BCUT2D eigenvalue weighted by Crippen LogP contribution is 2.28. The molecule has 1 aromatic carbocycles. The molecule has 0 fully saturated rings. The van der Waals surface area contributed by atoms with Crippen LogP contribution in [0.5, 0.6) is 0 Å². The molecule has 0 saturated carbocycles. The molecule has 5 heteroatoms. The van der Waals surface area contributed by atoms with Crippen LogP contribution in [0.2, 0.25) is 5.02 Å². The standard InChI is InChI=1S/C12H9ClNO2S/c1-8-11(6-16-7-15)14-12(17-8)9-2-4-10(13)5-3-9/h2-5H,6H2,1H3. The van der Waals surface area contributed by atoms with Crippen molar-refractivity contribution in [1.82, 2.24) is 4.98 Å². The lowest BCUT2D eigenvalue weighted by Crippen LogP contribution is -1.92. The second-order valence-electron chi connectivity index (χ2n) is 3.40. The van der Waals surface area contributed by atoms with Gasteiger partial charge in [-0.15, -0.1) is 11.3 Å². The van der Waals surface area contributed by atoms with Crippen LogP contribution in [0, 0.1) is 6.92 Å². The first-order chi connectivity index (χ1) is 8.20. The van der Waals surface area contributed by atoms with Gasteiger partial charge in [0.15, 0.2) is 0 Å². The van der Waals surface area contributed by atoms with Gasteiger partial charge in [0.2, 0.25) is 0 Å². The monoisotopic (exact) mass is 266 g/mol. The van der Waals surface area contributed by atoms with E-state index in [2.05, 4.69) is 9.72 Å². The summed E-state index contributed by atoms with van der Waals surface area (Å²) in [7, 11) is 0. The molecule has 2 aromatic rings. The number of rotatable bonds is 4. The molecule has 0 amide bonds. The van der Waals surface area contributed by atoms with Gasteiger partial charge in [-0.1, -0.05) is 23.7 Å². The van der Waals surface area contributed by atoms with Gasteiger partial charge in [0.25, 0.3) is 0 Å². The Hall–Kier alpha value is -1.39. The number of aryl methyl sites for hydroxylation is 1. The van der Waals surface area contributed by atoms with Gasteiger partial charge in [-0.05, 0) is 19.1 Å². The maximum atomic E-state index is 10.0. The minimum Gasteiger partial charge on any atom is -0.451 e. The minimum atomic E-state index is 0.166. The van der Waals surface area contributed by atoms with Crippen molar-refractivity contribution in [3.05, 3.63) is 39.9 Å². The van der Waals surface area contributed by atoms with Gasteiger partial charge >= 0.3 is 6.47 Å². The van der Waals surface area contributed by atoms with E-state index in [4.69, 9.17) is 11.6 Å². The van der Waals surface area contributed by atoms with Crippen molar-refractivity contribution in [2.75, 3.05) is 0 Å². The number of nitrogens with zero attached hydrogens (tertiary/aromatic N) is 1. The van der Waals surface area contributed by atoms with Crippen molar-refractivity contribution in [2.24, 2.45) is 0 Å². The second-order valence-corrected chi connectivity index (χ2v) is 5.04. The van der Waals surface area contributed by atoms with E-state index in [-0.39, 0.29) is 6.61 Å². The molecule has 0 spiro atoms. The van der Waals surface area contributed by atoms with Crippen LogP contribution in [0.4, 0.5) is 0 Å². The largest absolute Gasteiger partial charge is 0.451 e. The molecule has 3 nitrogen and oxygen atoms in total. The Morgan fingerprint density at radius 3 is 2.76 bits per heavy atom. The summed E-state index contributed by atoms with van der Waals surface area (Å²) in [4.78, 5) is 15.5. The first-order valence-corrected chi connectivity index (χ1v) is 6.11. The number of hydrogen-bond donors (Lipinski definition) is 0. The highest BCUT2D eigenvalue weighted by molar-refractivity contribution is 7.15. The number of aromatic nitrogens is 1. The molecule has 1 radical (unpaired) electrons. The molecular formula is C12H9ClNO2S. The van der Waals surface area contributed by atoms with Crippen LogP contribution in [0.1, 0.15) is 10.6 Å². The Kier molecular flexibility index (Phi) is 3.76. The van der Waals surface area contributed by atoms with E-state index < -0.39 is 0 Å². The number of ether oxygens (including phenoxy) is 1. The summed E-state index contributed by atoms with van der Waals surface area (Å²) in [5.41, 5.74) is 1.77. The summed E-state index contributed by atoms with van der Waals surface area (Å²) < 4.78 is 4.59. The summed E-state index contributed by atoms with van der Waals surface area (Å²) in [6.07, 6.45) is 0. The van der Waals surface area contributed by atoms with Crippen molar-refractivity contribution in [3.8, 4) is 10.6 Å². The van der Waals surface area contributed by atoms with Crippen LogP contribution in [0.15, 0.2) is 24.3 Å². The fourth-order valence-electron chi connectivity index (χ4n) is 1.38. The van der Waals surface area contributed by atoms with Crippen LogP contribution in [-0.4, -0.2) is 11.5 Å². The van der Waals surface area contributed by atoms with E-state index in [1.54, 1.807) is 11.3 Å². The van der Waals surface area contributed by atoms with Gasteiger partial charge in [-0.3, -0.25) is 0 Å². The quantitative estimate of drug-likeness (QED) is 0.852. The summed E-state index contributed by atoms with van der Waals surface area (Å²) in [6.45, 7) is 3.51. The Bertz CT molecular complexity index is 522. The molecule has 0 atom stereocenters. The molecule has 17 heavy (non-hydrogen) atoms. The SMILES string of the molecule is Cc1sc(-c2ccc(Cl)cc2)nc1CO[C]=O. The fourth-order valence-corrected chi connectivity index (χ4v) is 2.42. The topological polar surface area (TPSA) is 39.2 Å². The number of halogens is 1. The van der Waals surface area contributed by atoms with E-state index in [0.29, 0.717) is 5.02 Å². The van der Waals surface area contributed by atoms with Crippen LogP contribution in [0.25, 0.3) is 10.6 Å². The third kappa shape index (κ3) is 2.84. The molecule has 2 rings (SSSR count). The van der Waals surface area contributed by atoms with Crippen molar-refractivity contribution < 1.29 is 9.53 Å². The lowest BCUT2D eigenvalue weighted by Gasteiger charge is -1.96. The van der Waals surface area contributed by atoms with Crippen molar-refractivity contribution in [3.63, 3.8) is 0 Å². The molecule has 1 aromatic heterocycles. The van der Waals surface area contributed by atoms with Gasteiger partial charge in [0.1, 0.15) is 11.6 Å². The maximum Gasteiger partial charge on any atom is 0.417 e. The number of benzene rings is 1. The van der Waals surface area contributed by atoms with Crippen molar-refractivity contribution in [1.29, 1.82) is 0 Å². The molecule has 0 aliphatic carbocycles. The highest BCUT2D eigenvalue weighted by Gasteiger charge is 2.09. The molecule has 0 saturated heterocycles. The molecule has 0 aliphatic heterocycles. The van der Waals surface area contributed by atoms with Crippen LogP contribution in [0.3, 0.4) is 0 Å². The first kappa shape index (κ1) is 12.1. The third-order valence-corrected chi connectivity index (χ3v) is 3.57. The summed E-state index contributed by atoms with van der Waals surface area (Å²) in [6, 6.07) is 7.47. The van der Waals surface area contributed by atoms with E-state index in [1.807, 2.05) is 31.2 Å². The average molecular weight is 267 g/mol. The zero-order valence-corrected chi connectivity index (χ0v) is 10.6. The Morgan fingerprint density at radius 1 is 1.41 bits per heavy atom. The highest BCUT2D eigenvalue weighted by atomic mass is 35.5. The number of thiazole rings is 1. The molecule has 0 N–H and O–H groups in total. The zero-order valence-electron chi connectivity index (χ0n) is 9.07. The Balaban J connectivity index is 2.27. The normalized spacial score (nSPS) is 10.2. The smallest absolute Gasteiger partial charge is 0.417 e. The number of hydrogen-bond acceptors (Lipinski definition) is 4. The van der Waals surface area contributed by atoms with E-state index in [1.165, 1.54) is 6.47 Å². The first-order valence-electron chi connectivity index (χ1n) is 4.92. The minimum absolute atomic E-state index is 0.166. The van der Waals surface area contributed by atoms with Crippen LogP contribution >= 0.6 is 22.9 Å². The lowest BCUT2D eigenvalue weighted by molar-refractivity contribution is 0.263. The molecule has 0 unspecified atom stereocenters. The number of carbonyl (C=O) groups excluding carboxylic acids is 1. The second kappa shape index (κ2) is 5.29. The Labute approximate surface area is 108 Å². The van der Waals surface area contributed by atoms with Gasteiger partial charge in [0, 0.05) is 15.5 Å². The Morgan fingerprint density at radius 2 is 2.12 bits per heavy atom.